The van der Waals surface area contributed by atoms with Crippen molar-refractivity contribution in [1.29, 1.82) is 0 Å². The lowest BCUT2D eigenvalue weighted by Crippen LogP contribution is -2.49. The topological polar surface area (TPSA) is 185 Å². The smallest absolute Gasteiger partial charge is 0.328 e. The molecule has 44 heavy (non-hydrogen) atoms. The number of benzene rings is 1. The van der Waals surface area contributed by atoms with E-state index in [1.54, 1.807) is 6.07 Å². The quantitative estimate of drug-likeness (QED) is 0.224. The summed E-state index contributed by atoms with van der Waals surface area (Å²) in [6.45, 7) is 2.17. The zero-order valence-corrected chi connectivity index (χ0v) is 24.2. The number of likely N-dealkylation sites (tertiary alicyclic amines) is 1. The fourth-order valence-electron chi connectivity index (χ4n) is 6.16. The number of hydrogen-bond donors (Lipinski definition) is 4. The number of halogens is 1. The summed E-state index contributed by atoms with van der Waals surface area (Å²) in [6.07, 6.45) is 3.61. The monoisotopic (exact) mass is 619 g/mol. The summed E-state index contributed by atoms with van der Waals surface area (Å²) in [5, 5.41) is 35.4. The number of aliphatic hydroxyl groups is 2. The maximum absolute atomic E-state index is 14.0. The molecule has 0 aromatic heterocycles. The Hall–Kier alpha value is -3.88. The average molecular weight is 620 g/mol. The van der Waals surface area contributed by atoms with Gasteiger partial charge in [0.25, 0.3) is 0 Å². The second-order valence-corrected chi connectivity index (χ2v) is 11.5. The molecule has 0 radical (unpaired) electrons. The fourth-order valence-corrected chi connectivity index (χ4v) is 6.16. The van der Waals surface area contributed by atoms with Gasteiger partial charge in [-0.25, -0.2) is 14.0 Å². The maximum Gasteiger partial charge on any atom is 0.328 e. The summed E-state index contributed by atoms with van der Waals surface area (Å²) >= 11 is 0. The normalized spacial score (nSPS) is 26.0. The highest BCUT2D eigenvalue weighted by Crippen LogP contribution is 2.38. The molecule has 1 aromatic rings. The van der Waals surface area contributed by atoms with E-state index >= 15 is 0 Å². The van der Waals surface area contributed by atoms with Crippen molar-refractivity contribution in [3.63, 3.8) is 0 Å². The maximum atomic E-state index is 14.0. The van der Waals surface area contributed by atoms with Crippen LogP contribution in [0.3, 0.4) is 0 Å². The molecule has 1 aromatic carbocycles. The summed E-state index contributed by atoms with van der Waals surface area (Å²) in [5.41, 5.74) is 0.730. The van der Waals surface area contributed by atoms with Crippen molar-refractivity contribution < 1.29 is 53.5 Å². The molecule has 14 heteroatoms. The van der Waals surface area contributed by atoms with Gasteiger partial charge < -0.3 is 30.1 Å². The summed E-state index contributed by atoms with van der Waals surface area (Å²) in [4.78, 5) is 62.3. The first kappa shape index (κ1) is 33.0. The van der Waals surface area contributed by atoms with Gasteiger partial charge in [0, 0.05) is 44.4 Å². The van der Waals surface area contributed by atoms with Crippen LogP contribution in [0.25, 0.3) is 0 Å². The third-order valence-electron chi connectivity index (χ3n) is 8.42. The molecule has 5 rings (SSSR count). The predicted molar refractivity (Wildman–Crippen MR) is 152 cm³/mol. The molecule has 0 spiro atoms. The number of piperazine rings is 1. The first-order chi connectivity index (χ1) is 20.9. The number of ketones is 1. The number of hydrogen-bond acceptors (Lipinski definition) is 10. The Balaban J connectivity index is 0.000000488. The molecule has 4 unspecified atom stereocenters. The average Bonchev–Trinajstić information content (AvgIpc) is 3.57. The first-order valence-electron chi connectivity index (χ1n) is 14.7. The van der Waals surface area contributed by atoms with Crippen LogP contribution in [0.15, 0.2) is 30.4 Å². The van der Waals surface area contributed by atoms with E-state index in [9.17, 15) is 38.6 Å². The number of carbonyl (C=O) groups excluding carboxylic acids is 3. The molecule has 2 saturated heterocycles. The molecule has 4 atom stereocenters. The highest BCUT2D eigenvalue weighted by atomic mass is 19.1. The molecular formula is C30H38FN3O10. The van der Waals surface area contributed by atoms with Crippen LogP contribution < -0.4 is 9.64 Å². The van der Waals surface area contributed by atoms with Gasteiger partial charge in [0.2, 0.25) is 11.8 Å². The van der Waals surface area contributed by atoms with Crippen LogP contribution in [0.2, 0.25) is 0 Å². The van der Waals surface area contributed by atoms with Gasteiger partial charge >= 0.3 is 11.9 Å². The molecule has 2 heterocycles. The Morgan fingerprint density at radius 3 is 1.93 bits per heavy atom. The Morgan fingerprint density at radius 2 is 1.41 bits per heavy atom. The lowest BCUT2D eigenvalue weighted by molar-refractivity contribution is -0.143. The van der Waals surface area contributed by atoms with Crippen LogP contribution in [-0.2, 0) is 24.0 Å². The number of ether oxygens (including phenoxy) is 1. The number of anilines is 1. The lowest BCUT2D eigenvalue weighted by Gasteiger charge is -2.36. The van der Waals surface area contributed by atoms with Crippen molar-refractivity contribution in [3.05, 3.63) is 36.2 Å². The molecule has 2 aliphatic carbocycles. The van der Waals surface area contributed by atoms with Crippen LogP contribution in [0.1, 0.15) is 38.5 Å². The van der Waals surface area contributed by atoms with Crippen LogP contribution >= 0.6 is 0 Å². The molecule has 0 bridgehead atoms. The SMILES string of the molecule is O=C(CN1CCN(c2cc(F)ccc2OC2CCCC2)CC1)CN1C(=O)C2CC(O)C(O)CC2C1=O.O=C(O)C=CC(=O)O. The number of amides is 2. The number of rotatable bonds is 9. The van der Waals surface area contributed by atoms with E-state index < -0.39 is 47.8 Å². The summed E-state index contributed by atoms with van der Waals surface area (Å²) < 4.78 is 20.2. The van der Waals surface area contributed by atoms with Crippen molar-refractivity contribution in [2.45, 2.75) is 56.8 Å². The van der Waals surface area contributed by atoms with Gasteiger partial charge in [0.15, 0.2) is 5.78 Å². The first-order valence-corrected chi connectivity index (χ1v) is 14.7. The van der Waals surface area contributed by atoms with E-state index in [1.807, 2.05) is 4.90 Å². The van der Waals surface area contributed by atoms with Gasteiger partial charge in [-0.15, -0.1) is 0 Å². The number of carbonyl (C=O) groups is 5. The molecule has 13 nitrogen and oxygen atoms in total. The second-order valence-electron chi connectivity index (χ2n) is 11.5. The highest BCUT2D eigenvalue weighted by molar-refractivity contribution is 6.07. The number of fused-ring (bicyclic) bond motifs is 1. The summed E-state index contributed by atoms with van der Waals surface area (Å²) in [7, 11) is 0. The largest absolute Gasteiger partial charge is 0.488 e. The van der Waals surface area contributed by atoms with Crippen molar-refractivity contribution in [2.24, 2.45) is 11.8 Å². The lowest BCUT2D eigenvalue weighted by atomic mass is 9.78. The Kier molecular flexibility index (Phi) is 11.1. The minimum Gasteiger partial charge on any atom is -0.488 e. The number of carboxylic acids is 2. The van der Waals surface area contributed by atoms with Gasteiger partial charge in [-0.05, 0) is 50.7 Å². The minimum atomic E-state index is -1.26. The van der Waals surface area contributed by atoms with E-state index in [0.717, 1.165) is 36.3 Å². The third-order valence-corrected chi connectivity index (χ3v) is 8.42. The number of aliphatic carboxylic acids is 2. The van der Waals surface area contributed by atoms with Gasteiger partial charge in [0.05, 0.1) is 48.9 Å². The zero-order chi connectivity index (χ0) is 32.0. The molecule has 4 aliphatic rings. The van der Waals surface area contributed by atoms with Crippen molar-refractivity contribution >= 4 is 35.2 Å². The Morgan fingerprint density at radius 1 is 0.864 bits per heavy atom. The van der Waals surface area contributed by atoms with Crippen molar-refractivity contribution in [3.8, 4) is 5.75 Å². The van der Waals surface area contributed by atoms with Gasteiger partial charge in [0.1, 0.15) is 11.6 Å². The number of aliphatic hydroxyl groups excluding tert-OH is 2. The second kappa shape index (κ2) is 14.7. The van der Waals surface area contributed by atoms with Crippen LogP contribution in [-0.4, -0.2) is 117 Å². The van der Waals surface area contributed by atoms with Gasteiger partial charge in [-0.1, -0.05) is 0 Å². The van der Waals surface area contributed by atoms with E-state index in [-0.39, 0.29) is 43.6 Å². The molecule has 240 valence electrons. The minimum absolute atomic E-state index is 0.0373. The van der Waals surface area contributed by atoms with Gasteiger partial charge in [-0.2, -0.15) is 0 Å². The number of Topliss-reactive ketones (excluding diaryl/α,β-unsaturated/α-hetero) is 1. The zero-order valence-electron chi connectivity index (χ0n) is 24.2. The summed E-state index contributed by atoms with van der Waals surface area (Å²) in [5.74, 6) is -4.58. The van der Waals surface area contributed by atoms with E-state index in [0.29, 0.717) is 44.1 Å². The Bertz CT molecular complexity index is 1230. The van der Waals surface area contributed by atoms with Gasteiger partial charge in [-0.3, -0.25) is 24.2 Å². The number of carboxylic acid groups (broad SMARTS) is 2. The van der Waals surface area contributed by atoms with Crippen LogP contribution in [0.5, 0.6) is 5.75 Å². The molecule has 2 amide bonds. The molecule has 4 fully saturated rings. The van der Waals surface area contributed by atoms with Crippen LogP contribution in [0.4, 0.5) is 10.1 Å². The standard InChI is InChI=1S/C26H34FN3O6.C4H4O4/c27-16-5-6-24(36-18-3-1-2-4-18)21(11-16)29-9-7-28(8-10-29)14-17(31)15-30-25(34)19-12-22(32)23(33)13-20(19)26(30)35;5-3(6)1-2-4(7)8/h5-6,11,18-20,22-23,32-33H,1-4,7-10,12-15H2;1-2H,(H,5,6)(H,7,8). The molecule has 2 aliphatic heterocycles. The number of imide groups is 1. The number of nitrogens with zero attached hydrogens (tertiary/aromatic N) is 3. The highest BCUT2D eigenvalue weighted by Gasteiger charge is 2.52. The third kappa shape index (κ3) is 8.39. The predicted octanol–water partition coefficient (Wildman–Crippen LogP) is 0.667. The van der Waals surface area contributed by atoms with Crippen LogP contribution in [0, 0.1) is 17.7 Å². The molecule has 4 N–H and O–H groups in total. The van der Waals surface area contributed by atoms with E-state index in [1.165, 1.54) is 12.1 Å². The fraction of sp³-hybridized carbons (Fsp3) is 0.567. The molecular weight excluding hydrogens is 581 g/mol. The molecule has 2 saturated carbocycles. The van der Waals surface area contributed by atoms with E-state index in [4.69, 9.17) is 14.9 Å². The Labute approximate surface area is 253 Å². The van der Waals surface area contributed by atoms with Crippen molar-refractivity contribution in [1.82, 2.24) is 9.80 Å². The van der Waals surface area contributed by atoms with E-state index in [2.05, 4.69) is 4.90 Å². The summed E-state index contributed by atoms with van der Waals surface area (Å²) in [6, 6.07) is 4.61. The van der Waals surface area contributed by atoms with Crippen molar-refractivity contribution in [2.75, 3.05) is 44.2 Å².